The van der Waals surface area contributed by atoms with Crippen LogP contribution in [0.5, 0.6) is 0 Å². The summed E-state index contributed by atoms with van der Waals surface area (Å²) >= 11 is 0. The maximum Gasteiger partial charge on any atom is 0.340 e. The lowest BCUT2D eigenvalue weighted by Crippen LogP contribution is -2.37. The minimum Gasteiger partial charge on any atom is -0.459 e. The summed E-state index contributed by atoms with van der Waals surface area (Å²) in [6, 6.07) is 14.6. The molecule has 1 aliphatic heterocycles. The second-order valence-corrected chi connectivity index (χ2v) is 10.3. The molecule has 2 heterocycles. The van der Waals surface area contributed by atoms with Crippen molar-refractivity contribution in [3.8, 4) is 17.3 Å². The second-order valence-electron chi connectivity index (χ2n) is 10.3. The molecule has 2 fully saturated rings. The van der Waals surface area contributed by atoms with Gasteiger partial charge in [0.15, 0.2) is 0 Å². The fraction of sp³-hybridized carbons (Fsp3) is 0.387. The third kappa shape index (κ3) is 6.99. The van der Waals surface area contributed by atoms with Gasteiger partial charge in [-0.1, -0.05) is 18.6 Å². The molecule has 1 aliphatic carbocycles. The second kappa shape index (κ2) is 13.2. The van der Waals surface area contributed by atoms with Crippen molar-refractivity contribution in [3.63, 3.8) is 0 Å². The van der Waals surface area contributed by atoms with Gasteiger partial charge in [-0.3, -0.25) is 4.79 Å². The molecule has 3 aromatic rings. The molecular formula is C31H34N6O4. The summed E-state index contributed by atoms with van der Waals surface area (Å²) in [5.74, 6) is -0.239. The third-order valence-electron chi connectivity index (χ3n) is 7.37. The zero-order valence-corrected chi connectivity index (χ0v) is 23.2. The van der Waals surface area contributed by atoms with Crippen LogP contribution in [-0.2, 0) is 9.47 Å². The summed E-state index contributed by atoms with van der Waals surface area (Å²) in [6.45, 7) is 4.52. The van der Waals surface area contributed by atoms with Gasteiger partial charge in [0, 0.05) is 36.1 Å². The molecular weight excluding hydrogens is 520 g/mol. The van der Waals surface area contributed by atoms with Gasteiger partial charge in [0.05, 0.1) is 36.2 Å². The van der Waals surface area contributed by atoms with Gasteiger partial charge in [0.1, 0.15) is 12.6 Å². The number of amides is 1. The summed E-state index contributed by atoms with van der Waals surface area (Å²) in [7, 11) is 0. The Hall–Kier alpha value is -4.49. The molecule has 0 atom stereocenters. The Balaban J connectivity index is 1.38. The molecule has 41 heavy (non-hydrogen) atoms. The molecule has 0 spiro atoms. The molecule has 2 aromatic carbocycles. The van der Waals surface area contributed by atoms with E-state index < -0.39 is 0 Å². The highest BCUT2D eigenvalue weighted by Crippen LogP contribution is 2.30. The number of aryl methyl sites for hydroxylation is 1. The van der Waals surface area contributed by atoms with E-state index in [1.54, 1.807) is 18.3 Å². The van der Waals surface area contributed by atoms with Crippen LogP contribution in [0.15, 0.2) is 48.7 Å². The van der Waals surface area contributed by atoms with E-state index in [9.17, 15) is 9.59 Å². The van der Waals surface area contributed by atoms with Crippen LogP contribution in [0.3, 0.4) is 0 Å². The molecule has 1 saturated heterocycles. The summed E-state index contributed by atoms with van der Waals surface area (Å²) < 4.78 is 11.5. The van der Waals surface area contributed by atoms with Crippen molar-refractivity contribution in [1.29, 1.82) is 5.26 Å². The first kappa shape index (κ1) is 28.1. The number of benzene rings is 2. The van der Waals surface area contributed by atoms with Gasteiger partial charge in [-0.05, 0) is 68.5 Å². The molecule has 212 valence electrons. The molecule has 0 unspecified atom stereocenters. The Kier molecular flexibility index (Phi) is 9.06. The standard InChI is InChI=1S/C31H34N6O4/c1-21-20-34-31(36-28(21)22-7-9-23(10-8-22)29(38)33-14-13-32)35-24-11-12-27(37-15-17-40-18-16-37)26(19-24)30(39)41-25-5-3-2-4-6-25/h7-12,19-20,25H,2-6,14-18H2,1H3,(H,33,38)(H,34,35,36). The first-order valence-electron chi connectivity index (χ1n) is 14.1. The number of nitrogens with zero attached hydrogens (tertiary/aromatic N) is 4. The molecule has 5 rings (SSSR count). The smallest absolute Gasteiger partial charge is 0.340 e. The first-order chi connectivity index (χ1) is 20.0. The quantitative estimate of drug-likeness (QED) is 0.299. The zero-order chi connectivity index (χ0) is 28.6. The van der Waals surface area contributed by atoms with Gasteiger partial charge >= 0.3 is 5.97 Å². The first-order valence-corrected chi connectivity index (χ1v) is 14.1. The number of carbonyl (C=O) groups excluding carboxylic acids is 2. The average Bonchev–Trinajstić information content (AvgIpc) is 3.02. The topological polar surface area (TPSA) is 129 Å². The highest BCUT2D eigenvalue weighted by atomic mass is 16.5. The van der Waals surface area contributed by atoms with Gasteiger partial charge in [-0.15, -0.1) is 0 Å². The van der Waals surface area contributed by atoms with Gasteiger partial charge in [0.2, 0.25) is 5.95 Å². The molecule has 10 nitrogen and oxygen atoms in total. The number of rotatable bonds is 8. The van der Waals surface area contributed by atoms with E-state index >= 15 is 0 Å². The normalized spacial score (nSPS) is 15.6. The van der Waals surface area contributed by atoms with Crippen LogP contribution in [0, 0.1) is 18.3 Å². The number of aromatic nitrogens is 2. The van der Waals surface area contributed by atoms with Crippen LogP contribution in [0.1, 0.15) is 58.4 Å². The Morgan fingerprint density at radius 1 is 1.10 bits per heavy atom. The summed E-state index contributed by atoms with van der Waals surface area (Å²) in [4.78, 5) is 36.9. The zero-order valence-electron chi connectivity index (χ0n) is 23.2. The fourth-order valence-electron chi connectivity index (χ4n) is 5.18. The van der Waals surface area contributed by atoms with Gasteiger partial charge in [-0.2, -0.15) is 5.26 Å². The number of anilines is 3. The average molecular weight is 555 g/mol. The van der Waals surface area contributed by atoms with Gasteiger partial charge in [-0.25, -0.2) is 14.8 Å². The molecule has 1 amide bonds. The maximum absolute atomic E-state index is 13.4. The van der Waals surface area contributed by atoms with E-state index in [1.807, 2.05) is 43.3 Å². The van der Waals surface area contributed by atoms with Crippen molar-refractivity contribution in [2.45, 2.75) is 45.1 Å². The lowest BCUT2D eigenvalue weighted by atomic mass is 9.98. The van der Waals surface area contributed by atoms with Gasteiger partial charge in [0.25, 0.3) is 5.91 Å². The molecule has 0 radical (unpaired) electrons. The van der Waals surface area contributed by atoms with E-state index in [1.165, 1.54) is 6.42 Å². The number of ether oxygens (including phenoxy) is 2. The number of morpholine rings is 1. The Morgan fingerprint density at radius 2 is 1.85 bits per heavy atom. The predicted octanol–water partition coefficient (Wildman–Crippen LogP) is 4.78. The lowest BCUT2D eigenvalue weighted by molar-refractivity contribution is 0.0211. The van der Waals surface area contributed by atoms with Crippen LogP contribution in [0.2, 0.25) is 0 Å². The van der Waals surface area contributed by atoms with Crippen molar-refractivity contribution in [2.24, 2.45) is 0 Å². The maximum atomic E-state index is 13.4. The van der Waals surface area contributed by atoms with Crippen molar-refractivity contribution in [2.75, 3.05) is 43.1 Å². The van der Waals surface area contributed by atoms with Gasteiger partial charge < -0.3 is 25.0 Å². The van der Waals surface area contributed by atoms with Crippen LogP contribution in [0.4, 0.5) is 17.3 Å². The number of hydrogen-bond donors (Lipinski definition) is 2. The minimum atomic E-state index is -0.313. The Bertz CT molecular complexity index is 1420. The Labute approximate surface area is 239 Å². The monoisotopic (exact) mass is 554 g/mol. The lowest BCUT2D eigenvalue weighted by Gasteiger charge is -2.31. The summed E-state index contributed by atoms with van der Waals surface area (Å²) in [5, 5.41) is 14.5. The van der Waals surface area contributed by atoms with E-state index in [2.05, 4.69) is 20.5 Å². The highest BCUT2D eigenvalue weighted by Gasteiger charge is 2.24. The largest absolute Gasteiger partial charge is 0.459 e. The van der Waals surface area contributed by atoms with Crippen LogP contribution < -0.4 is 15.5 Å². The molecule has 0 bridgehead atoms. The number of nitrogens with one attached hydrogen (secondary N) is 2. The van der Waals surface area contributed by atoms with E-state index in [4.69, 9.17) is 19.7 Å². The molecule has 1 saturated carbocycles. The third-order valence-corrected chi connectivity index (χ3v) is 7.37. The summed E-state index contributed by atoms with van der Waals surface area (Å²) in [6.07, 6.45) is 6.85. The molecule has 10 heteroatoms. The number of nitriles is 1. The van der Waals surface area contributed by atoms with Crippen molar-refractivity contribution in [1.82, 2.24) is 15.3 Å². The number of esters is 1. The molecule has 1 aromatic heterocycles. The number of hydrogen-bond acceptors (Lipinski definition) is 9. The van der Waals surface area contributed by atoms with Crippen LogP contribution in [-0.4, -0.2) is 60.8 Å². The van der Waals surface area contributed by atoms with Crippen molar-refractivity contribution >= 4 is 29.2 Å². The van der Waals surface area contributed by atoms with E-state index in [0.717, 1.165) is 42.5 Å². The number of carbonyl (C=O) groups is 2. The highest BCUT2D eigenvalue weighted by molar-refractivity contribution is 5.97. The van der Waals surface area contributed by atoms with Crippen LogP contribution >= 0.6 is 0 Å². The van der Waals surface area contributed by atoms with Crippen LogP contribution in [0.25, 0.3) is 11.3 Å². The molecule has 2 aliphatic rings. The molecule has 2 N–H and O–H groups in total. The van der Waals surface area contributed by atoms with Crippen molar-refractivity contribution in [3.05, 3.63) is 65.4 Å². The SMILES string of the molecule is Cc1cnc(Nc2ccc(N3CCOCC3)c(C(=O)OC3CCCCC3)c2)nc1-c1ccc(C(=O)NCC#N)cc1. The predicted molar refractivity (Wildman–Crippen MR) is 155 cm³/mol. The Morgan fingerprint density at radius 3 is 2.59 bits per heavy atom. The van der Waals surface area contributed by atoms with Crippen molar-refractivity contribution < 1.29 is 19.1 Å². The van der Waals surface area contributed by atoms with E-state index in [-0.39, 0.29) is 24.5 Å². The fourth-order valence-corrected chi connectivity index (χ4v) is 5.18. The van der Waals surface area contributed by atoms with E-state index in [0.29, 0.717) is 54.8 Å². The minimum absolute atomic E-state index is 0.0443. The summed E-state index contributed by atoms with van der Waals surface area (Å²) in [5.41, 5.74) is 4.90.